The minimum Gasteiger partial charge on any atom is -0.383 e. The van der Waals surface area contributed by atoms with E-state index in [1.54, 1.807) is 4.68 Å². The van der Waals surface area contributed by atoms with Crippen molar-refractivity contribution in [3.8, 4) is 0 Å². The molecule has 0 bridgehead atoms. The highest BCUT2D eigenvalue weighted by molar-refractivity contribution is 7.98. The van der Waals surface area contributed by atoms with Gasteiger partial charge < -0.3 is 5.73 Å². The summed E-state index contributed by atoms with van der Waals surface area (Å²) in [4.78, 5) is 0. The first-order valence-corrected chi connectivity index (χ1v) is 5.91. The van der Waals surface area contributed by atoms with E-state index in [0.29, 0.717) is 10.8 Å². The predicted octanol–water partition coefficient (Wildman–Crippen LogP) is 2.18. The van der Waals surface area contributed by atoms with Crippen LogP contribution < -0.4 is 5.73 Å². The number of aryl methyl sites for hydroxylation is 2. The molecule has 13 heavy (non-hydrogen) atoms. The van der Waals surface area contributed by atoms with Crippen molar-refractivity contribution in [2.75, 3.05) is 17.7 Å². The molecule has 74 valence electrons. The molecule has 1 rings (SSSR count). The first kappa shape index (κ1) is 10.7. The maximum absolute atomic E-state index is 5.90. The van der Waals surface area contributed by atoms with Crippen LogP contribution in [0.1, 0.15) is 12.1 Å². The standard InChI is InChI=1S/C8H14ClN3S/c1-6-7(9)8(10)12(11-6)4-3-5-13-2/h3-5,10H2,1-2H3. The van der Waals surface area contributed by atoms with Crippen molar-refractivity contribution in [3.63, 3.8) is 0 Å². The summed E-state index contributed by atoms with van der Waals surface area (Å²) in [6.45, 7) is 2.71. The molecule has 3 nitrogen and oxygen atoms in total. The number of hydrogen-bond acceptors (Lipinski definition) is 3. The molecular formula is C8H14ClN3S. The Morgan fingerprint density at radius 3 is 2.77 bits per heavy atom. The van der Waals surface area contributed by atoms with Crippen LogP contribution in [0.25, 0.3) is 0 Å². The van der Waals surface area contributed by atoms with E-state index in [-0.39, 0.29) is 0 Å². The number of nitrogens with two attached hydrogens (primary N) is 1. The van der Waals surface area contributed by atoms with Crippen molar-refractivity contribution in [2.45, 2.75) is 19.9 Å². The Balaban J connectivity index is 2.61. The molecule has 0 aliphatic heterocycles. The number of rotatable bonds is 4. The van der Waals surface area contributed by atoms with Gasteiger partial charge in [0.05, 0.1) is 5.69 Å². The minimum atomic E-state index is 0.584. The molecular weight excluding hydrogens is 206 g/mol. The molecule has 0 saturated heterocycles. The van der Waals surface area contributed by atoms with Crippen LogP contribution in [0, 0.1) is 6.92 Å². The van der Waals surface area contributed by atoms with Crippen LogP contribution in [0.5, 0.6) is 0 Å². The number of thioether (sulfide) groups is 1. The molecule has 1 aromatic rings. The fourth-order valence-electron chi connectivity index (χ4n) is 1.11. The van der Waals surface area contributed by atoms with E-state index in [1.807, 2.05) is 18.7 Å². The number of aromatic nitrogens is 2. The molecule has 0 saturated carbocycles. The Hall–Kier alpha value is -0.350. The molecule has 0 atom stereocenters. The van der Waals surface area contributed by atoms with Gasteiger partial charge in [0.25, 0.3) is 0 Å². The Kier molecular flexibility index (Phi) is 3.93. The van der Waals surface area contributed by atoms with Gasteiger partial charge in [0, 0.05) is 6.54 Å². The molecule has 0 unspecified atom stereocenters. The number of halogens is 1. The number of nitrogens with zero attached hydrogens (tertiary/aromatic N) is 2. The lowest BCUT2D eigenvalue weighted by atomic mass is 10.4. The largest absolute Gasteiger partial charge is 0.383 e. The van der Waals surface area contributed by atoms with Gasteiger partial charge in [-0.3, -0.25) is 0 Å². The third-order valence-electron chi connectivity index (χ3n) is 1.81. The summed E-state index contributed by atoms with van der Waals surface area (Å²) in [6, 6.07) is 0. The maximum Gasteiger partial charge on any atom is 0.140 e. The Morgan fingerprint density at radius 2 is 2.31 bits per heavy atom. The fourth-order valence-corrected chi connectivity index (χ4v) is 1.66. The second kappa shape index (κ2) is 4.77. The first-order chi connectivity index (χ1) is 6.16. The average molecular weight is 220 g/mol. The zero-order valence-corrected chi connectivity index (χ0v) is 9.45. The van der Waals surface area contributed by atoms with Gasteiger partial charge in [-0.25, -0.2) is 4.68 Å². The maximum atomic E-state index is 5.90. The number of hydrogen-bond donors (Lipinski definition) is 1. The van der Waals surface area contributed by atoms with Crippen LogP contribution >= 0.6 is 23.4 Å². The van der Waals surface area contributed by atoms with Gasteiger partial charge in [-0.15, -0.1) is 0 Å². The van der Waals surface area contributed by atoms with Gasteiger partial charge in [0.2, 0.25) is 0 Å². The van der Waals surface area contributed by atoms with Crippen molar-refractivity contribution in [3.05, 3.63) is 10.7 Å². The number of nitrogen functional groups attached to an aromatic ring is 1. The Labute approximate surface area is 87.6 Å². The molecule has 0 aromatic carbocycles. The average Bonchev–Trinajstić information content (AvgIpc) is 2.34. The van der Waals surface area contributed by atoms with E-state index in [2.05, 4.69) is 11.4 Å². The van der Waals surface area contributed by atoms with E-state index in [9.17, 15) is 0 Å². The predicted molar refractivity (Wildman–Crippen MR) is 59.4 cm³/mol. The smallest absolute Gasteiger partial charge is 0.140 e. The van der Waals surface area contributed by atoms with Gasteiger partial charge in [0.15, 0.2) is 0 Å². The quantitative estimate of drug-likeness (QED) is 0.790. The van der Waals surface area contributed by atoms with Crippen LogP contribution in [-0.2, 0) is 6.54 Å². The zero-order chi connectivity index (χ0) is 9.84. The molecule has 0 spiro atoms. The normalized spacial score (nSPS) is 10.7. The lowest BCUT2D eigenvalue weighted by Crippen LogP contribution is -2.05. The van der Waals surface area contributed by atoms with Gasteiger partial charge in [0.1, 0.15) is 10.8 Å². The third-order valence-corrected chi connectivity index (χ3v) is 2.97. The van der Waals surface area contributed by atoms with Crippen LogP contribution in [0.3, 0.4) is 0 Å². The highest BCUT2D eigenvalue weighted by Crippen LogP contribution is 2.22. The molecule has 0 aliphatic rings. The van der Waals surface area contributed by atoms with Crippen LogP contribution in [-0.4, -0.2) is 21.8 Å². The van der Waals surface area contributed by atoms with Crippen molar-refractivity contribution in [1.29, 1.82) is 0 Å². The molecule has 5 heteroatoms. The summed E-state index contributed by atoms with van der Waals surface area (Å²) in [5, 5.41) is 4.82. The molecule has 0 fully saturated rings. The van der Waals surface area contributed by atoms with Crippen molar-refractivity contribution in [2.24, 2.45) is 0 Å². The molecule has 0 amide bonds. The summed E-state index contributed by atoms with van der Waals surface area (Å²) in [5.41, 5.74) is 6.56. The van der Waals surface area contributed by atoms with Gasteiger partial charge in [-0.05, 0) is 25.4 Å². The topological polar surface area (TPSA) is 43.8 Å². The van der Waals surface area contributed by atoms with E-state index < -0.39 is 0 Å². The van der Waals surface area contributed by atoms with E-state index in [1.165, 1.54) is 0 Å². The van der Waals surface area contributed by atoms with Crippen LogP contribution in [0.2, 0.25) is 5.02 Å². The second-order valence-corrected chi connectivity index (χ2v) is 4.22. The molecule has 1 heterocycles. The van der Waals surface area contributed by atoms with Crippen molar-refractivity contribution < 1.29 is 0 Å². The minimum absolute atomic E-state index is 0.584. The summed E-state index contributed by atoms with van der Waals surface area (Å²) in [5.74, 6) is 1.70. The monoisotopic (exact) mass is 219 g/mol. The van der Waals surface area contributed by atoms with Crippen LogP contribution in [0.15, 0.2) is 0 Å². The van der Waals surface area contributed by atoms with Crippen LogP contribution in [0.4, 0.5) is 5.82 Å². The molecule has 2 N–H and O–H groups in total. The second-order valence-electron chi connectivity index (χ2n) is 2.85. The SMILES string of the molecule is CSCCCn1nc(C)c(Cl)c1N. The van der Waals surface area contributed by atoms with Crippen molar-refractivity contribution in [1.82, 2.24) is 9.78 Å². The molecule has 1 aromatic heterocycles. The fraction of sp³-hybridized carbons (Fsp3) is 0.625. The summed E-state index contributed by atoms with van der Waals surface area (Å²) >= 11 is 7.72. The Morgan fingerprint density at radius 1 is 1.62 bits per heavy atom. The zero-order valence-electron chi connectivity index (χ0n) is 7.88. The van der Waals surface area contributed by atoms with Gasteiger partial charge >= 0.3 is 0 Å². The number of anilines is 1. The van der Waals surface area contributed by atoms with Gasteiger partial charge in [-0.2, -0.15) is 16.9 Å². The lowest BCUT2D eigenvalue weighted by Gasteiger charge is -2.02. The highest BCUT2D eigenvalue weighted by atomic mass is 35.5. The highest BCUT2D eigenvalue weighted by Gasteiger charge is 2.08. The third kappa shape index (κ3) is 2.54. The van der Waals surface area contributed by atoms with E-state index in [4.69, 9.17) is 17.3 Å². The summed E-state index contributed by atoms with van der Waals surface area (Å²) < 4.78 is 1.77. The summed E-state index contributed by atoms with van der Waals surface area (Å²) in [6.07, 6.45) is 3.16. The Bertz CT molecular complexity index is 285. The summed E-state index contributed by atoms with van der Waals surface area (Å²) in [7, 11) is 0. The van der Waals surface area contributed by atoms with Crippen molar-refractivity contribution >= 4 is 29.2 Å². The first-order valence-electron chi connectivity index (χ1n) is 4.14. The lowest BCUT2D eigenvalue weighted by molar-refractivity contribution is 0.610. The van der Waals surface area contributed by atoms with Gasteiger partial charge in [-0.1, -0.05) is 11.6 Å². The molecule has 0 aliphatic carbocycles. The van der Waals surface area contributed by atoms with E-state index in [0.717, 1.165) is 24.4 Å². The van der Waals surface area contributed by atoms with E-state index >= 15 is 0 Å². The molecule has 0 radical (unpaired) electrons.